The van der Waals surface area contributed by atoms with Crippen molar-refractivity contribution < 1.29 is 13.2 Å². The molecule has 0 amide bonds. The first kappa shape index (κ1) is 13.1. The van der Waals surface area contributed by atoms with E-state index in [2.05, 4.69) is 5.32 Å². The summed E-state index contributed by atoms with van der Waals surface area (Å²) in [4.78, 5) is 1.98. The van der Waals surface area contributed by atoms with Crippen LogP contribution in [0.4, 0.5) is 13.2 Å². The minimum absolute atomic E-state index is 0.374. The van der Waals surface area contributed by atoms with Crippen LogP contribution in [-0.2, 0) is 0 Å². The Bertz CT molecular complexity index is 251. The Hall–Kier alpha value is -0.290. The average Bonchev–Trinajstić information content (AvgIpc) is 2.90. The van der Waals surface area contributed by atoms with E-state index < -0.39 is 12.6 Å². The number of likely N-dealkylation sites (tertiary alicyclic amines) is 1. The molecule has 0 aromatic heterocycles. The van der Waals surface area contributed by atoms with E-state index in [-0.39, 0.29) is 6.04 Å². The second-order valence-corrected chi connectivity index (χ2v) is 5.50. The predicted molar refractivity (Wildman–Crippen MR) is 60.8 cm³/mol. The molecule has 1 heterocycles. The third kappa shape index (κ3) is 4.47. The summed E-state index contributed by atoms with van der Waals surface area (Å²) >= 11 is 0. The van der Waals surface area contributed by atoms with Gasteiger partial charge in [0.15, 0.2) is 0 Å². The van der Waals surface area contributed by atoms with Crippen LogP contribution in [0.15, 0.2) is 0 Å². The topological polar surface area (TPSA) is 15.3 Å². The van der Waals surface area contributed by atoms with Gasteiger partial charge in [-0.25, -0.2) is 0 Å². The predicted octanol–water partition coefficient (Wildman–Crippen LogP) is 2.40. The monoisotopic (exact) mass is 250 g/mol. The molecule has 0 aromatic rings. The van der Waals surface area contributed by atoms with Gasteiger partial charge in [0.25, 0.3) is 0 Å². The molecule has 0 spiro atoms. The Kier molecular flexibility index (Phi) is 3.98. The van der Waals surface area contributed by atoms with Crippen molar-refractivity contribution in [3.63, 3.8) is 0 Å². The van der Waals surface area contributed by atoms with Gasteiger partial charge in [-0.05, 0) is 45.2 Å². The number of alkyl halides is 3. The van der Waals surface area contributed by atoms with Crippen molar-refractivity contribution in [1.82, 2.24) is 10.2 Å². The molecule has 1 N–H and O–H groups in total. The van der Waals surface area contributed by atoms with Crippen LogP contribution in [0.1, 0.15) is 32.6 Å². The van der Waals surface area contributed by atoms with Gasteiger partial charge in [0.1, 0.15) is 0 Å². The molecule has 0 bridgehead atoms. The quantitative estimate of drug-likeness (QED) is 0.806. The first-order chi connectivity index (χ1) is 7.94. The van der Waals surface area contributed by atoms with Gasteiger partial charge in [0, 0.05) is 18.6 Å². The van der Waals surface area contributed by atoms with Gasteiger partial charge in [0.05, 0.1) is 6.42 Å². The molecule has 2 fully saturated rings. The normalized spacial score (nSPS) is 28.6. The molecule has 0 aromatic carbocycles. The summed E-state index contributed by atoms with van der Waals surface area (Å²) < 4.78 is 36.8. The first-order valence-electron chi connectivity index (χ1n) is 6.48. The molecule has 100 valence electrons. The maximum absolute atomic E-state index is 12.3. The molecule has 2 nitrogen and oxygen atoms in total. The summed E-state index contributed by atoms with van der Waals surface area (Å²) in [5.74, 6) is 0.534. The lowest BCUT2D eigenvalue weighted by molar-refractivity contribution is -0.145. The van der Waals surface area contributed by atoms with Gasteiger partial charge in [-0.15, -0.1) is 0 Å². The van der Waals surface area contributed by atoms with E-state index in [1.807, 2.05) is 4.90 Å². The molecular formula is C12H21F3N2. The lowest BCUT2D eigenvalue weighted by atomic mass is 10.1. The Morgan fingerprint density at radius 1 is 1.29 bits per heavy atom. The van der Waals surface area contributed by atoms with Gasteiger partial charge in [-0.1, -0.05) is 0 Å². The third-order valence-electron chi connectivity index (χ3n) is 3.74. The van der Waals surface area contributed by atoms with Crippen LogP contribution in [0, 0.1) is 5.92 Å². The summed E-state index contributed by atoms with van der Waals surface area (Å²) in [5.41, 5.74) is 0. The lowest BCUT2D eigenvalue weighted by Gasteiger charge is -2.25. The van der Waals surface area contributed by atoms with E-state index in [9.17, 15) is 13.2 Å². The minimum atomic E-state index is -4.04. The van der Waals surface area contributed by atoms with Gasteiger partial charge in [0.2, 0.25) is 0 Å². The summed E-state index contributed by atoms with van der Waals surface area (Å²) in [6.45, 7) is 4.29. The smallest absolute Gasteiger partial charge is 0.314 e. The van der Waals surface area contributed by atoms with Crippen LogP contribution in [0.3, 0.4) is 0 Å². The maximum atomic E-state index is 12.3. The number of hydrogen-bond donors (Lipinski definition) is 1. The highest BCUT2D eigenvalue weighted by Gasteiger charge is 2.35. The van der Waals surface area contributed by atoms with Crippen molar-refractivity contribution in [3.05, 3.63) is 0 Å². The Morgan fingerprint density at radius 3 is 2.59 bits per heavy atom. The number of halogens is 3. The fourth-order valence-electron chi connectivity index (χ4n) is 2.51. The lowest BCUT2D eigenvalue weighted by Crippen LogP contribution is -2.35. The SMILES string of the molecule is CC(CC(F)(F)F)N1CCC(CNC2CC2)C1. The van der Waals surface area contributed by atoms with Crippen molar-refractivity contribution in [3.8, 4) is 0 Å². The van der Waals surface area contributed by atoms with Gasteiger partial charge >= 0.3 is 6.18 Å². The van der Waals surface area contributed by atoms with Crippen molar-refractivity contribution in [2.45, 2.75) is 50.9 Å². The van der Waals surface area contributed by atoms with E-state index in [0.29, 0.717) is 12.0 Å². The second-order valence-electron chi connectivity index (χ2n) is 5.50. The van der Waals surface area contributed by atoms with Crippen LogP contribution in [0.2, 0.25) is 0 Å². The van der Waals surface area contributed by atoms with E-state index >= 15 is 0 Å². The van der Waals surface area contributed by atoms with Gasteiger partial charge in [-0.2, -0.15) is 13.2 Å². The molecule has 2 unspecified atom stereocenters. The zero-order valence-corrected chi connectivity index (χ0v) is 10.3. The summed E-state index contributed by atoms with van der Waals surface area (Å²) in [6, 6.07) is 0.317. The Labute approximate surface area is 101 Å². The molecule has 0 radical (unpaired) electrons. The number of hydrogen-bond acceptors (Lipinski definition) is 2. The molecule has 5 heteroatoms. The fraction of sp³-hybridized carbons (Fsp3) is 1.00. The molecular weight excluding hydrogens is 229 g/mol. The molecule has 2 atom stereocenters. The molecule has 2 rings (SSSR count). The van der Waals surface area contributed by atoms with Gasteiger partial charge in [-0.3, -0.25) is 4.90 Å². The first-order valence-corrected chi connectivity index (χ1v) is 6.48. The standard InChI is InChI=1S/C12H21F3N2/c1-9(6-12(13,14)15)17-5-4-10(8-17)7-16-11-2-3-11/h9-11,16H,2-8H2,1H3. The molecule has 1 saturated carbocycles. The zero-order chi connectivity index (χ0) is 12.5. The highest BCUT2D eigenvalue weighted by molar-refractivity contribution is 4.86. The highest BCUT2D eigenvalue weighted by atomic mass is 19.4. The molecule has 1 saturated heterocycles. The molecule has 1 aliphatic heterocycles. The van der Waals surface area contributed by atoms with Crippen LogP contribution < -0.4 is 5.32 Å². The van der Waals surface area contributed by atoms with Crippen LogP contribution >= 0.6 is 0 Å². The van der Waals surface area contributed by atoms with Crippen molar-refractivity contribution >= 4 is 0 Å². The Balaban J connectivity index is 1.68. The van der Waals surface area contributed by atoms with Crippen LogP contribution in [0.5, 0.6) is 0 Å². The fourth-order valence-corrected chi connectivity index (χ4v) is 2.51. The number of nitrogens with one attached hydrogen (secondary N) is 1. The van der Waals surface area contributed by atoms with Gasteiger partial charge < -0.3 is 5.32 Å². The van der Waals surface area contributed by atoms with E-state index in [1.54, 1.807) is 6.92 Å². The maximum Gasteiger partial charge on any atom is 0.390 e. The number of rotatable bonds is 5. The summed E-state index contributed by atoms with van der Waals surface area (Å²) in [5, 5.41) is 3.46. The average molecular weight is 250 g/mol. The van der Waals surface area contributed by atoms with Crippen LogP contribution in [-0.4, -0.2) is 42.8 Å². The third-order valence-corrected chi connectivity index (χ3v) is 3.74. The van der Waals surface area contributed by atoms with E-state index in [4.69, 9.17) is 0 Å². The largest absolute Gasteiger partial charge is 0.390 e. The van der Waals surface area contributed by atoms with Crippen molar-refractivity contribution in [2.75, 3.05) is 19.6 Å². The van der Waals surface area contributed by atoms with Crippen molar-refractivity contribution in [1.29, 1.82) is 0 Å². The van der Waals surface area contributed by atoms with Crippen LogP contribution in [0.25, 0.3) is 0 Å². The minimum Gasteiger partial charge on any atom is -0.314 e. The summed E-state index contributed by atoms with van der Waals surface area (Å²) in [7, 11) is 0. The number of nitrogens with zero attached hydrogens (tertiary/aromatic N) is 1. The van der Waals surface area contributed by atoms with E-state index in [1.165, 1.54) is 12.8 Å². The molecule has 1 aliphatic carbocycles. The molecule has 2 aliphatic rings. The zero-order valence-electron chi connectivity index (χ0n) is 10.3. The van der Waals surface area contributed by atoms with E-state index in [0.717, 1.165) is 26.1 Å². The molecule has 17 heavy (non-hydrogen) atoms. The van der Waals surface area contributed by atoms with Crippen molar-refractivity contribution in [2.24, 2.45) is 5.92 Å². The second kappa shape index (κ2) is 5.14. The summed E-state index contributed by atoms with van der Waals surface area (Å²) in [6.07, 6.45) is -1.16. The highest BCUT2D eigenvalue weighted by Crippen LogP contribution is 2.27. The Morgan fingerprint density at radius 2 is 2.00 bits per heavy atom.